The SMILES string of the molecule is C/C(=N/NC(=O)C1CC1)c1ccc(OCC(=O)N2CCCC2)cc1. The summed E-state index contributed by atoms with van der Waals surface area (Å²) in [6.45, 7) is 3.59. The highest BCUT2D eigenvalue weighted by atomic mass is 16.5. The second-order valence-corrected chi connectivity index (χ2v) is 6.35. The van der Waals surface area contributed by atoms with E-state index in [1.54, 1.807) is 0 Å². The van der Waals surface area contributed by atoms with Crippen molar-refractivity contribution in [3.05, 3.63) is 29.8 Å². The number of rotatable bonds is 6. The Labute approximate surface area is 141 Å². The van der Waals surface area contributed by atoms with Crippen LogP contribution in [0.1, 0.15) is 38.2 Å². The molecule has 1 N–H and O–H groups in total. The fourth-order valence-corrected chi connectivity index (χ4v) is 2.64. The molecule has 1 aromatic rings. The fraction of sp³-hybridized carbons (Fsp3) is 0.500. The van der Waals surface area contributed by atoms with Gasteiger partial charge in [-0.1, -0.05) is 0 Å². The maximum Gasteiger partial charge on any atom is 0.260 e. The zero-order valence-electron chi connectivity index (χ0n) is 14.0. The number of ether oxygens (including phenoxy) is 1. The van der Waals surface area contributed by atoms with Crippen molar-refractivity contribution in [3.8, 4) is 5.75 Å². The quantitative estimate of drug-likeness (QED) is 0.640. The van der Waals surface area contributed by atoms with E-state index in [4.69, 9.17) is 4.74 Å². The van der Waals surface area contributed by atoms with Gasteiger partial charge in [0.1, 0.15) is 5.75 Å². The van der Waals surface area contributed by atoms with E-state index in [0.717, 1.165) is 50.0 Å². The molecule has 0 atom stereocenters. The van der Waals surface area contributed by atoms with Crippen molar-refractivity contribution in [2.75, 3.05) is 19.7 Å². The third kappa shape index (κ3) is 4.34. The minimum absolute atomic E-state index is 0.00488. The number of amides is 2. The number of hydrogen-bond donors (Lipinski definition) is 1. The maximum atomic E-state index is 11.9. The van der Waals surface area contributed by atoms with E-state index in [0.29, 0.717) is 5.75 Å². The summed E-state index contributed by atoms with van der Waals surface area (Å²) in [5, 5.41) is 4.13. The highest BCUT2D eigenvalue weighted by Crippen LogP contribution is 2.28. The Kier molecular flexibility index (Phi) is 5.13. The van der Waals surface area contributed by atoms with Crippen LogP contribution < -0.4 is 10.2 Å². The maximum absolute atomic E-state index is 11.9. The van der Waals surface area contributed by atoms with E-state index in [2.05, 4.69) is 10.5 Å². The number of carbonyl (C=O) groups is 2. The highest BCUT2D eigenvalue weighted by molar-refractivity contribution is 5.99. The van der Waals surface area contributed by atoms with Crippen molar-refractivity contribution < 1.29 is 14.3 Å². The van der Waals surface area contributed by atoms with Gasteiger partial charge in [0, 0.05) is 19.0 Å². The Morgan fingerprint density at radius 1 is 1.21 bits per heavy atom. The van der Waals surface area contributed by atoms with E-state index >= 15 is 0 Å². The molecule has 3 rings (SSSR count). The molecule has 1 heterocycles. The van der Waals surface area contributed by atoms with Crippen LogP contribution in [0.4, 0.5) is 0 Å². The van der Waals surface area contributed by atoms with E-state index in [1.165, 1.54) is 0 Å². The van der Waals surface area contributed by atoms with Crippen molar-refractivity contribution in [1.29, 1.82) is 0 Å². The van der Waals surface area contributed by atoms with E-state index in [-0.39, 0.29) is 24.3 Å². The summed E-state index contributed by atoms with van der Waals surface area (Å²) in [5.41, 5.74) is 4.24. The molecule has 0 aromatic heterocycles. The van der Waals surface area contributed by atoms with Crippen molar-refractivity contribution in [2.45, 2.75) is 32.6 Å². The summed E-state index contributed by atoms with van der Waals surface area (Å²) < 4.78 is 5.55. The molecule has 0 radical (unpaired) electrons. The van der Waals surface area contributed by atoms with Crippen LogP contribution in [-0.4, -0.2) is 42.1 Å². The zero-order valence-corrected chi connectivity index (χ0v) is 14.0. The molecule has 2 amide bonds. The van der Waals surface area contributed by atoms with E-state index < -0.39 is 0 Å². The zero-order chi connectivity index (χ0) is 16.9. The molecule has 2 fully saturated rings. The molecule has 1 aliphatic carbocycles. The molecule has 1 aliphatic heterocycles. The molecule has 1 aromatic carbocycles. The minimum atomic E-state index is -0.00488. The van der Waals surface area contributed by atoms with Gasteiger partial charge in [0.2, 0.25) is 5.91 Å². The molecule has 1 saturated carbocycles. The average Bonchev–Trinajstić information content (AvgIpc) is 3.32. The average molecular weight is 329 g/mol. The molecular weight excluding hydrogens is 306 g/mol. The smallest absolute Gasteiger partial charge is 0.260 e. The molecule has 6 heteroatoms. The van der Waals surface area contributed by atoms with Crippen molar-refractivity contribution in [2.24, 2.45) is 11.0 Å². The highest BCUT2D eigenvalue weighted by Gasteiger charge is 2.29. The van der Waals surface area contributed by atoms with Crippen LogP contribution in [0.3, 0.4) is 0 Å². The Morgan fingerprint density at radius 3 is 2.50 bits per heavy atom. The standard InChI is InChI=1S/C18H23N3O3/c1-13(19-20-18(23)15-4-5-15)14-6-8-16(9-7-14)24-12-17(22)21-10-2-3-11-21/h6-9,15H,2-5,10-12H2,1H3,(H,20,23)/b19-13-. The van der Waals surface area contributed by atoms with Gasteiger partial charge in [-0.05, 0) is 62.4 Å². The number of nitrogens with zero attached hydrogens (tertiary/aromatic N) is 2. The Balaban J connectivity index is 1.49. The molecule has 128 valence electrons. The van der Waals surface area contributed by atoms with Gasteiger partial charge in [-0.25, -0.2) is 5.43 Å². The van der Waals surface area contributed by atoms with Crippen LogP contribution in [0.25, 0.3) is 0 Å². The predicted molar refractivity (Wildman–Crippen MR) is 90.8 cm³/mol. The molecule has 0 spiro atoms. The first-order chi connectivity index (χ1) is 11.6. The van der Waals surface area contributed by atoms with Gasteiger partial charge in [0.05, 0.1) is 5.71 Å². The molecule has 0 bridgehead atoms. The molecule has 6 nitrogen and oxygen atoms in total. The first-order valence-corrected chi connectivity index (χ1v) is 8.48. The molecule has 2 aliphatic rings. The number of hydrazone groups is 1. The van der Waals surface area contributed by atoms with Crippen LogP contribution in [0.5, 0.6) is 5.75 Å². The van der Waals surface area contributed by atoms with Crippen LogP contribution in [0, 0.1) is 5.92 Å². The molecule has 1 saturated heterocycles. The topological polar surface area (TPSA) is 71.0 Å². The lowest BCUT2D eigenvalue weighted by molar-refractivity contribution is -0.132. The van der Waals surface area contributed by atoms with Crippen molar-refractivity contribution in [1.82, 2.24) is 10.3 Å². The summed E-state index contributed by atoms with van der Waals surface area (Å²) in [4.78, 5) is 25.4. The second-order valence-electron chi connectivity index (χ2n) is 6.35. The largest absolute Gasteiger partial charge is 0.484 e. The predicted octanol–water partition coefficient (Wildman–Crippen LogP) is 1.94. The molecular formula is C18H23N3O3. The van der Waals surface area contributed by atoms with Gasteiger partial charge in [0.25, 0.3) is 5.91 Å². The van der Waals surface area contributed by atoms with Crippen molar-refractivity contribution in [3.63, 3.8) is 0 Å². The number of benzene rings is 1. The number of nitrogens with one attached hydrogen (secondary N) is 1. The minimum Gasteiger partial charge on any atom is -0.484 e. The summed E-state index contributed by atoms with van der Waals surface area (Å²) >= 11 is 0. The van der Waals surface area contributed by atoms with Crippen LogP contribution in [0.2, 0.25) is 0 Å². The number of carbonyl (C=O) groups excluding carboxylic acids is 2. The normalized spacial score (nSPS) is 17.7. The molecule has 24 heavy (non-hydrogen) atoms. The van der Waals surface area contributed by atoms with Gasteiger partial charge < -0.3 is 9.64 Å². The van der Waals surface area contributed by atoms with Crippen LogP contribution in [0.15, 0.2) is 29.4 Å². The number of likely N-dealkylation sites (tertiary alicyclic amines) is 1. The first kappa shape index (κ1) is 16.5. The Hall–Kier alpha value is -2.37. The van der Waals surface area contributed by atoms with Crippen molar-refractivity contribution >= 4 is 17.5 Å². The first-order valence-electron chi connectivity index (χ1n) is 8.48. The number of hydrogen-bond acceptors (Lipinski definition) is 4. The summed E-state index contributed by atoms with van der Waals surface area (Å²) in [6, 6.07) is 7.37. The third-order valence-electron chi connectivity index (χ3n) is 4.38. The van der Waals surface area contributed by atoms with Gasteiger partial charge >= 0.3 is 0 Å². The fourth-order valence-electron chi connectivity index (χ4n) is 2.64. The summed E-state index contributed by atoms with van der Waals surface area (Å²) in [6.07, 6.45) is 4.08. The third-order valence-corrected chi connectivity index (χ3v) is 4.38. The van der Waals surface area contributed by atoms with E-state index in [9.17, 15) is 9.59 Å². The lowest BCUT2D eigenvalue weighted by Crippen LogP contribution is -2.32. The lowest BCUT2D eigenvalue weighted by atomic mass is 10.1. The van der Waals surface area contributed by atoms with Gasteiger partial charge in [-0.15, -0.1) is 0 Å². The van der Waals surface area contributed by atoms with Gasteiger partial charge in [-0.2, -0.15) is 5.10 Å². The summed E-state index contributed by atoms with van der Waals surface area (Å²) in [7, 11) is 0. The monoisotopic (exact) mass is 329 g/mol. The Morgan fingerprint density at radius 2 is 1.88 bits per heavy atom. The van der Waals surface area contributed by atoms with Crippen LogP contribution in [-0.2, 0) is 9.59 Å². The van der Waals surface area contributed by atoms with Crippen LogP contribution >= 0.6 is 0 Å². The lowest BCUT2D eigenvalue weighted by Gasteiger charge is -2.15. The Bertz CT molecular complexity index is 629. The van der Waals surface area contributed by atoms with Gasteiger partial charge in [-0.3, -0.25) is 9.59 Å². The van der Waals surface area contributed by atoms with E-state index in [1.807, 2.05) is 36.1 Å². The second kappa shape index (κ2) is 7.47. The molecule has 0 unspecified atom stereocenters. The summed E-state index contributed by atoms with van der Waals surface area (Å²) in [5.74, 6) is 0.832. The van der Waals surface area contributed by atoms with Gasteiger partial charge in [0.15, 0.2) is 6.61 Å².